The zero-order valence-electron chi connectivity index (χ0n) is 20.8. The van der Waals surface area contributed by atoms with E-state index >= 15 is 0 Å². The SMILES string of the molecule is COC(=O)[C@@H](Cc1ccc(NC(=O)[C@](C)(SN)C2CCC(F)(F)CC2)cc1)NC(=O)OC(C)(C)C. The van der Waals surface area contributed by atoms with Crippen LogP contribution >= 0.6 is 11.9 Å². The fourth-order valence-electron chi connectivity index (χ4n) is 3.93. The fraction of sp³-hybridized carbons (Fsp3) is 0.625. The molecule has 35 heavy (non-hydrogen) atoms. The highest BCUT2D eigenvalue weighted by atomic mass is 32.2. The van der Waals surface area contributed by atoms with Crippen LogP contribution in [0.15, 0.2) is 24.3 Å². The van der Waals surface area contributed by atoms with Crippen molar-refractivity contribution in [2.75, 3.05) is 12.4 Å². The minimum Gasteiger partial charge on any atom is -0.467 e. The van der Waals surface area contributed by atoms with Gasteiger partial charge >= 0.3 is 12.1 Å². The number of esters is 1. The third-order valence-corrected chi connectivity index (χ3v) is 7.03. The number of carbonyl (C=O) groups excluding carboxylic acids is 3. The van der Waals surface area contributed by atoms with Gasteiger partial charge in [0, 0.05) is 24.9 Å². The lowest BCUT2D eigenvalue weighted by Gasteiger charge is -2.38. The summed E-state index contributed by atoms with van der Waals surface area (Å²) in [5.74, 6) is -3.94. The number of halogens is 2. The molecule has 1 aromatic rings. The van der Waals surface area contributed by atoms with E-state index < -0.39 is 34.4 Å². The first-order chi connectivity index (χ1) is 16.2. The van der Waals surface area contributed by atoms with E-state index in [-0.39, 0.29) is 43.9 Å². The molecule has 1 saturated carbocycles. The van der Waals surface area contributed by atoms with Gasteiger partial charge in [-0.1, -0.05) is 24.1 Å². The van der Waals surface area contributed by atoms with E-state index in [0.29, 0.717) is 11.3 Å². The molecule has 2 rings (SSSR count). The molecule has 1 aromatic carbocycles. The molecule has 1 aliphatic carbocycles. The summed E-state index contributed by atoms with van der Waals surface area (Å²) in [4.78, 5) is 37.3. The van der Waals surface area contributed by atoms with Crippen molar-refractivity contribution in [1.29, 1.82) is 0 Å². The summed E-state index contributed by atoms with van der Waals surface area (Å²) in [5.41, 5.74) is 0.481. The molecule has 196 valence electrons. The van der Waals surface area contributed by atoms with Crippen molar-refractivity contribution < 1.29 is 32.6 Å². The lowest BCUT2D eigenvalue weighted by Crippen LogP contribution is -2.47. The Morgan fingerprint density at radius 2 is 1.71 bits per heavy atom. The number of methoxy groups -OCH3 is 1. The fourth-order valence-corrected chi connectivity index (χ4v) is 4.51. The topological polar surface area (TPSA) is 120 Å². The van der Waals surface area contributed by atoms with Gasteiger partial charge in [0.05, 0.1) is 7.11 Å². The van der Waals surface area contributed by atoms with E-state index in [9.17, 15) is 23.2 Å². The predicted molar refractivity (Wildman–Crippen MR) is 131 cm³/mol. The Labute approximate surface area is 209 Å². The molecule has 8 nitrogen and oxygen atoms in total. The first-order valence-corrected chi connectivity index (χ1v) is 12.3. The average Bonchev–Trinajstić information content (AvgIpc) is 2.77. The van der Waals surface area contributed by atoms with Crippen molar-refractivity contribution in [2.24, 2.45) is 11.1 Å². The van der Waals surface area contributed by atoms with Gasteiger partial charge in [-0.25, -0.2) is 18.4 Å². The summed E-state index contributed by atoms with van der Waals surface area (Å²) >= 11 is 0.873. The molecule has 0 radical (unpaired) electrons. The van der Waals surface area contributed by atoms with E-state index in [4.69, 9.17) is 14.6 Å². The number of alkyl carbamates (subject to hydrolysis) is 1. The van der Waals surface area contributed by atoms with Crippen molar-refractivity contribution in [1.82, 2.24) is 5.32 Å². The van der Waals surface area contributed by atoms with E-state index in [1.807, 2.05) is 0 Å². The zero-order valence-corrected chi connectivity index (χ0v) is 21.6. The molecule has 4 N–H and O–H groups in total. The molecule has 0 aromatic heterocycles. The van der Waals surface area contributed by atoms with Gasteiger partial charge < -0.3 is 20.1 Å². The molecular weight excluding hydrogens is 480 g/mol. The maximum absolute atomic E-state index is 13.6. The molecule has 0 spiro atoms. The van der Waals surface area contributed by atoms with Gasteiger partial charge in [-0.05, 0) is 64.2 Å². The number of anilines is 1. The van der Waals surface area contributed by atoms with Crippen LogP contribution in [0.3, 0.4) is 0 Å². The van der Waals surface area contributed by atoms with Crippen molar-refractivity contribution >= 4 is 35.6 Å². The molecule has 0 aliphatic heterocycles. The number of amides is 2. The lowest BCUT2D eigenvalue weighted by atomic mass is 9.78. The molecule has 2 atom stereocenters. The number of nitrogens with one attached hydrogen (secondary N) is 2. The monoisotopic (exact) mass is 515 g/mol. The van der Waals surface area contributed by atoms with Gasteiger partial charge in [-0.2, -0.15) is 0 Å². The summed E-state index contributed by atoms with van der Waals surface area (Å²) in [6.45, 7) is 6.82. The first-order valence-electron chi connectivity index (χ1n) is 11.4. The predicted octanol–water partition coefficient (Wildman–Crippen LogP) is 4.43. The number of rotatable bonds is 8. The second kappa shape index (κ2) is 11.6. The Balaban J connectivity index is 2.04. The molecule has 1 aliphatic rings. The van der Waals surface area contributed by atoms with Crippen molar-refractivity contribution in [3.63, 3.8) is 0 Å². The van der Waals surface area contributed by atoms with E-state index in [0.717, 1.165) is 11.9 Å². The van der Waals surface area contributed by atoms with E-state index in [2.05, 4.69) is 10.6 Å². The third-order valence-electron chi connectivity index (χ3n) is 6.02. The van der Waals surface area contributed by atoms with Gasteiger partial charge in [-0.3, -0.25) is 9.93 Å². The highest BCUT2D eigenvalue weighted by Gasteiger charge is 2.46. The maximum atomic E-state index is 13.6. The van der Waals surface area contributed by atoms with Gasteiger partial charge in [-0.15, -0.1) is 0 Å². The number of nitrogens with two attached hydrogens (primary N) is 1. The molecule has 0 saturated heterocycles. The van der Waals surface area contributed by atoms with Crippen molar-refractivity contribution in [3.8, 4) is 0 Å². The summed E-state index contributed by atoms with van der Waals surface area (Å²) in [5, 5.41) is 11.2. The summed E-state index contributed by atoms with van der Waals surface area (Å²) in [6, 6.07) is 5.76. The highest BCUT2D eigenvalue weighted by molar-refractivity contribution is 7.99. The number of alkyl halides is 2. The molecule has 0 bridgehead atoms. The van der Waals surface area contributed by atoms with Crippen LogP contribution in [0, 0.1) is 5.92 Å². The largest absolute Gasteiger partial charge is 0.467 e. The lowest BCUT2D eigenvalue weighted by molar-refractivity contribution is -0.143. The first kappa shape index (κ1) is 28.8. The zero-order chi connectivity index (χ0) is 26.4. The van der Waals surface area contributed by atoms with Gasteiger partial charge in [0.15, 0.2) is 0 Å². The second-order valence-corrected chi connectivity index (χ2v) is 11.0. The van der Waals surface area contributed by atoms with Crippen LogP contribution in [0.4, 0.5) is 19.3 Å². The number of carbonyl (C=O) groups is 3. The van der Waals surface area contributed by atoms with E-state index in [1.54, 1.807) is 52.0 Å². The van der Waals surface area contributed by atoms with Crippen LogP contribution in [0.2, 0.25) is 0 Å². The number of ether oxygens (including phenoxy) is 2. The highest BCUT2D eigenvalue weighted by Crippen LogP contribution is 2.44. The second-order valence-electron chi connectivity index (χ2n) is 9.93. The summed E-state index contributed by atoms with van der Waals surface area (Å²) in [6.07, 6.45) is -0.662. The van der Waals surface area contributed by atoms with Crippen LogP contribution < -0.4 is 15.8 Å². The van der Waals surface area contributed by atoms with Gasteiger partial charge in [0.25, 0.3) is 0 Å². The Morgan fingerprint density at radius 1 is 1.14 bits per heavy atom. The smallest absolute Gasteiger partial charge is 0.408 e. The van der Waals surface area contributed by atoms with Crippen LogP contribution in [0.25, 0.3) is 0 Å². The Hall–Kier alpha value is -2.40. The Bertz CT molecular complexity index is 897. The maximum Gasteiger partial charge on any atom is 0.408 e. The molecule has 1 fully saturated rings. The van der Waals surface area contributed by atoms with Crippen LogP contribution in [0.5, 0.6) is 0 Å². The van der Waals surface area contributed by atoms with Crippen LogP contribution in [-0.4, -0.2) is 47.4 Å². The standard InChI is InChI=1S/C24H35F2N3O5S/c1-22(2,3)34-21(32)29-18(19(30)33-5)14-15-6-8-17(9-7-15)28-20(31)23(4,35-27)16-10-12-24(25,26)13-11-16/h6-9,16,18H,10-14,27H2,1-5H3,(H,28,31)(H,29,32)/t18-,23-/m1/s1. The molecule has 11 heteroatoms. The number of benzene rings is 1. The minimum absolute atomic E-state index is 0.146. The molecule has 0 unspecified atom stereocenters. The van der Waals surface area contributed by atoms with Gasteiger partial charge in [0.2, 0.25) is 11.8 Å². The number of hydrogen-bond acceptors (Lipinski definition) is 7. The normalized spacial score (nSPS) is 18.6. The van der Waals surface area contributed by atoms with Crippen molar-refractivity contribution in [3.05, 3.63) is 29.8 Å². The molecule has 2 amide bonds. The Kier molecular flexibility index (Phi) is 9.52. The van der Waals surface area contributed by atoms with Crippen LogP contribution in [0.1, 0.15) is 58.9 Å². The number of hydrogen-bond donors (Lipinski definition) is 3. The summed E-state index contributed by atoms with van der Waals surface area (Å²) in [7, 11) is 1.23. The van der Waals surface area contributed by atoms with Gasteiger partial charge in [0.1, 0.15) is 16.4 Å². The molecular formula is C24H35F2N3O5S. The van der Waals surface area contributed by atoms with E-state index in [1.165, 1.54) is 7.11 Å². The quantitative estimate of drug-likeness (QED) is 0.346. The summed E-state index contributed by atoms with van der Waals surface area (Å²) < 4.78 is 36.1. The molecule has 0 heterocycles. The third kappa shape index (κ3) is 8.34. The van der Waals surface area contributed by atoms with Crippen molar-refractivity contribution in [2.45, 2.75) is 82.1 Å². The Morgan fingerprint density at radius 3 is 2.20 bits per heavy atom. The minimum atomic E-state index is -2.69. The average molecular weight is 516 g/mol. The van der Waals surface area contributed by atoms with Crippen LogP contribution in [-0.2, 0) is 25.5 Å².